The zero-order chi connectivity index (χ0) is 14.7. The summed E-state index contributed by atoms with van der Waals surface area (Å²) in [6.07, 6.45) is 0.675. The molecule has 0 radical (unpaired) electrons. The van der Waals surface area contributed by atoms with E-state index in [4.69, 9.17) is 9.47 Å². The maximum atomic E-state index is 12.2. The number of aromatic nitrogens is 2. The fraction of sp³-hybridized carbons (Fsp3) is 0.643. The van der Waals surface area contributed by atoms with E-state index in [9.17, 15) is 4.79 Å². The molecule has 0 amide bonds. The maximum absolute atomic E-state index is 12.2. The van der Waals surface area contributed by atoms with Crippen molar-refractivity contribution in [2.24, 2.45) is 0 Å². The molecule has 21 heavy (non-hydrogen) atoms. The van der Waals surface area contributed by atoms with E-state index in [2.05, 4.69) is 15.3 Å². The number of nitrogens with one attached hydrogen (secondary N) is 1. The van der Waals surface area contributed by atoms with Crippen molar-refractivity contribution in [1.82, 2.24) is 15.3 Å². The van der Waals surface area contributed by atoms with E-state index in [1.54, 1.807) is 6.92 Å². The molecule has 114 valence electrons. The molecule has 1 N–H and O–H groups in total. The van der Waals surface area contributed by atoms with Gasteiger partial charge in [0.05, 0.1) is 18.9 Å². The van der Waals surface area contributed by atoms with Crippen molar-refractivity contribution in [2.45, 2.75) is 26.0 Å². The molecule has 0 aromatic carbocycles. The Bertz CT molecular complexity index is 532. The van der Waals surface area contributed by atoms with Crippen molar-refractivity contribution in [3.8, 4) is 0 Å². The average molecular weight is 309 g/mol. The van der Waals surface area contributed by atoms with E-state index in [0.29, 0.717) is 31.3 Å². The highest BCUT2D eigenvalue weighted by Gasteiger charge is 2.27. The molecular weight excluding hydrogens is 290 g/mol. The molecule has 1 saturated heterocycles. The second kappa shape index (κ2) is 6.72. The van der Waals surface area contributed by atoms with Crippen LogP contribution in [0, 0.1) is 0 Å². The summed E-state index contributed by atoms with van der Waals surface area (Å²) in [7, 11) is 0. The number of nitrogens with zero attached hydrogens (tertiary/aromatic N) is 2. The summed E-state index contributed by atoms with van der Waals surface area (Å²) >= 11 is 1.83. The normalized spacial score (nSPS) is 21.7. The third-order valence-corrected chi connectivity index (χ3v) is 4.52. The Labute approximate surface area is 128 Å². The van der Waals surface area contributed by atoms with E-state index in [1.165, 1.54) is 0 Å². The van der Waals surface area contributed by atoms with Crippen LogP contribution in [0.1, 0.15) is 40.6 Å². The highest BCUT2D eigenvalue weighted by Crippen LogP contribution is 2.26. The van der Waals surface area contributed by atoms with Crippen LogP contribution in [-0.4, -0.2) is 47.2 Å². The zero-order valence-electron chi connectivity index (χ0n) is 12.1. The van der Waals surface area contributed by atoms with Crippen LogP contribution in [-0.2, 0) is 22.4 Å². The summed E-state index contributed by atoms with van der Waals surface area (Å²) < 4.78 is 10.9. The lowest BCUT2D eigenvalue weighted by Gasteiger charge is -2.24. The van der Waals surface area contributed by atoms with Gasteiger partial charge in [-0.3, -0.25) is 0 Å². The molecule has 1 aromatic rings. The van der Waals surface area contributed by atoms with Gasteiger partial charge in [0.25, 0.3) is 0 Å². The van der Waals surface area contributed by atoms with E-state index in [-0.39, 0.29) is 12.1 Å². The Morgan fingerprint density at radius 3 is 3.19 bits per heavy atom. The maximum Gasteiger partial charge on any atom is 0.357 e. The van der Waals surface area contributed by atoms with Gasteiger partial charge in [-0.1, -0.05) is 0 Å². The second-order valence-corrected chi connectivity index (χ2v) is 6.09. The number of hydrogen-bond acceptors (Lipinski definition) is 7. The van der Waals surface area contributed by atoms with Gasteiger partial charge in [-0.2, -0.15) is 11.8 Å². The summed E-state index contributed by atoms with van der Waals surface area (Å²) in [6.45, 7) is 4.32. The van der Waals surface area contributed by atoms with E-state index in [1.807, 2.05) is 11.8 Å². The molecule has 0 saturated carbocycles. The standard InChI is InChI=1S/C14H19N3O3S/c1-2-19-14(18)12-9-7-15-4-3-10(9)16-13(17-12)11-8-21-6-5-20-11/h11,15H,2-8H2,1H3. The van der Waals surface area contributed by atoms with Crippen molar-refractivity contribution in [3.63, 3.8) is 0 Å². The summed E-state index contributed by atoms with van der Waals surface area (Å²) in [5.41, 5.74) is 2.20. The molecule has 1 aromatic heterocycles. The smallest absolute Gasteiger partial charge is 0.357 e. The molecule has 0 aliphatic carbocycles. The van der Waals surface area contributed by atoms with Crippen LogP contribution in [0.2, 0.25) is 0 Å². The predicted molar refractivity (Wildman–Crippen MR) is 79.4 cm³/mol. The van der Waals surface area contributed by atoms with Gasteiger partial charge in [0.2, 0.25) is 0 Å². The molecule has 0 spiro atoms. The number of carbonyl (C=O) groups excluding carboxylic acids is 1. The van der Waals surface area contributed by atoms with Gasteiger partial charge in [-0.15, -0.1) is 0 Å². The zero-order valence-corrected chi connectivity index (χ0v) is 12.9. The minimum atomic E-state index is -0.371. The molecule has 7 heteroatoms. The van der Waals surface area contributed by atoms with Gasteiger partial charge in [0.15, 0.2) is 11.5 Å². The first-order valence-corrected chi connectivity index (χ1v) is 8.42. The van der Waals surface area contributed by atoms with Crippen molar-refractivity contribution < 1.29 is 14.3 Å². The molecule has 1 unspecified atom stereocenters. The Morgan fingerprint density at radius 2 is 2.43 bits per heavy atom. The monoisotopic (exact) mass is 309 g/mol. The lowest BCUT2D eigenvalue weighted by molar-refractivity contribution is 0.0509. The second-order valence-electron chi connectivity index (χ2n) is 4.94. The first kappa shape index (κ1) is 14.7. The largest absolute Gasteiger partial charge is 0.461 e. The number of ether oxygens (including phenoxy) is 2. The van der Waals surface area contributed by atoms with E-state index >= 15 is 0 Å². The molecule has 3 heterocycles. The number of rotatable bonds is 3. The number of hydrogen-bond donors (Lipinski definition) is 1. The van der Waals surface area contributed by atoms with Crippen LogP contribution in [0.5, 0.6) is 0 Å². The Kier molecular flexibility index (Phi) is 4.72. The number of esters is 1. The van der Waals surface area contributed by atoms with Crippen LogP contribution >= 0.6 is 11.8 Å². The van der Waals surface area contributed by atoms with Crippen molar-refractivity contribution in [1.29, 1.82) is 0 Å². The highest BCUT2D eigenvalue weighted by molar-refractivity contribution is 7.99. The Morgan fingerprint density at radius 1 is 1.52 bits per heavy atom. The summed E-state index contributed by atoms with van der Waals surface area (Å²) in [5, 5.41) is 3.25. The SMILES string of the molecule is CCOC(=O)c1nc(C2CSCCO2)nc2c1CNCC2. The number of fused-ring (bicyclic) bond motifs is 1. The molecule has 1 fully saturated rings. The molecule has 3 rings (SSSR count). The fourth-order valence-corrected chi connectivity index (χ4v) is 3.35. The van der Waals surface area contributed by atoms with Crippen LogP contribution < -0.4 is 5.32 Å². The van der Waals surface area contributed by atoms with Gasteiger partial charge in [0, 0.05) is 36.6 Å². The quantitative estimate of drug-likeness (QED) is 0.838. The first-order valence-electron chi connectivity index (χ1n) is 7.26. The minimum absolute atomic E-state index is 0.128. The van der Waals surface area contributed by atoms with Crippen LogP contribution in [0.4, 0.5) is 0 Å². The van der Waals surface area contributed by atoms with Crippen molar-refractivity contribution in [2.75, 3.05) is 31.3 Å². The number of thioether (sulfide) groups is 1. The lowest BCUT2D eigenvalue weighted by atomic mass is 10.0. The molecule has 0 bridgehead atoms. The van der Waals surface area contributed by atoms with Crippen LogP contribution in [0.25, 0.3) is 0 Å². The Hall–Kier alpha value is -1.18. The highest BCUT2D eigenvalue weighted by atomic mass is 32.2. The first-order chi connectivity index (χ1) is 10.3. The predicted octanol–water partition coefficient (Wildman–Crippen LogP) is 1.10. The molecule has 1 atom stereocenters. The lowest BCUT2D eigenvalue weighted by Crippen LogP contribution is -2.30. The molecule has 6 nitrogen and oxygen atoms in total. The van der Waals surface area contributed by atoms with Gasteiger partial charge >= 0.3 is 5.97 Å². The summed E-state index contributed by atoms with van der Waals surface area (Å²) in [5.74, 6) is 2.07. The van der Waals surface area contributed by atoms with Crippen molar-refractivity contribution in [3.05, 3.63) is 22.8 Å². The Balaban J connectivity index is 1.97. The molecule has 2 aliphatic rings. The van der Waals surface area contributed by atoms with Gasteiger partial charge < -0.3 is 14.8 Å². The van der Waals surface area contributed by atoms with Gasteiger partial charge in [-0.05, 0) is 6.92 Å². The van der Waals surface area contributed by atoms with Gasteiger partial charge in [-0.25, -0.2) is 14.8 Å². The third-order valence-electron chi connectivity index (χ3n) is 3.52. The average Bonchev–Trinajstić information content (AvgIpc) is 2.55. The topological polar surface area (TPSA) is 73.3 Å². The van der Waals surface area contributed by atoms with Gasteiger partial charge in [0.1, 0.15) is 6.10 Å². The van der Waals surface area contributed by atoms with Crippen molar-refractivity contribution >= 4 is 17.7 Å². The number of carbonyl (C=O) groups is 1. The summed E-state index contributed by atoms with van der Waals surface area (Å²) in [4.78, 5) is 21.3. The van der Waals surface area contributed by atoms with Crippen LogP contribution in [0.15, 0.2) is 0 Å². The third kappa shape index (κ3) is 3.20. The van der Waals surface area contributed by atoms with E-state index < -0.39 is 0 Å². The minimum Gasteiger partial charge on any atom is -0.461 e. The fourth-order valence-electron chi connectivity index (χ4n) is 2.51. The summed E-state index contributed by atoms with van der Waals surface area (Å²) in [6, 6.07) is 0. The van der Waals surface area contributed by atoms with Crippen LogP contribution in [0.3, 0.4) is 0 Å². The molecule has 2 aliphatic heterocycles. The molecular formula is C14H19N3O3S. The van der Waals surface area contributed by atoms with E-state index in [0.717, 1.165) is 35.7 Å².